The second-order valence-electron chi connectivity index (χ2n) is 9.97. The number of esters is 1. The quantitative estimate of drug-likeness (QED) is 0.198. The third-order valence-electron chi connectivity index (χ3n) is 4.22. The number of benzene rings is 1. The molecule has 2 N–H and O–H groups in total. The minimum atomic E-state index is -1.06. The Hall–Kier alpha value is -3.07. The molecule has 0 fully saturated rings. The first-order valence-corrected chi connectivity index (χ1v) is 12.1. The Labute approximate surface area is 215 Å². The normalized spacial score (nSPS) is 10.9. The van der Waals surface area contributed by atoms with Gasteiger partial charge in [0.25, 0.3) is 0 Å². The summed E-state index contributed by atoms with van der Waals surface area (Å²) in [6.07, 6.45) is 2.91. The molecule has 1 aromatic carbocycles. The Morgan fingerprint density at radius 2 is 1.42 bits per heavy atom. The monoisotopic (exact) mass is 508 g/mol. The standard InChI is InChI=1S/C14H23NO6.C13H21NO/c1-9(10(16)19-8)15(11(17)20-13(2,3)4)12(18)21-14(5,6)7;1-2-3-4-5-12-6-8-13(9-7-12)15-11-10-14/h1H2,2-8H3;6-9H,2-5,10-11,14H2,1H3. The van der Waals surface area contributed by atoms with E-state index in [2.05, 4.69) is 30.4 Å². The highest BCUT2D eigenvalue weighted by Crippen LogP contribution is 2.18. The van der Waals surface area contributed by atoms with E-state index in [0.717, 1.165) is 12.9 Å². The van der Waals surface area contributed by atoms with E-state index in [-0.39, 0.29) is 0 Å². The van der Waals surface area contributed by atoms with Crippen molar-refractivity contribution in [1.82, 2.24) is 4.90 Å². The number of hydrogen-bond acceptors (Lipinski definition) is 8. The molecule has 0 heterocycles. The van der Waals surface area contributed by atoms with Gasteiger partial charge in [0.1, 0.15) is 29.3 Å². The topological polar surface area (TPSA) is 117 Å². The van der Waals surface area contributed by atoms with E-state index >= 15 is 0 Å². The smallest absolute Gasteiger partial charge is 0.424 e. The van der Waals surface area contributed by atoms with E-state index in [1.165, 1.54) is 31.2 Å². The molecule has 204 valence electrons. The van der Waals surface area contributed by atoms with Gasteiger partial charge < -0.3 is 24.7 Å². The number of nitrogens with zero attached hydrogens (tertiary/aromatic N) is 1. The lowest BCUT2D eigenvalue weighted by atomic mass is 10.1. The fraction of sp³-hybridized carbons (Fsp3) is 0.593. The number of carbonyl (C=O) groups is 3. The zero-order chi connectivity index (χ0) is 27.9. The molecule has 0 saturated carbocycles. The van der Waals surface area contributed by atoms with Crippen molar-refractivity contribution in [2.75, 3.05) is 20.3 Å². The van der Waals surface area contributed by atoms with E-state index in [1.807, 2.05) is 12.1 Å². The van der Waals surface area contributed by atoms with Crippen LogP contribution in [-0.2, 0) is 25.4 Å². The summed E-state index contributed by atoms with van der Waals surface area (Å²) in [7, 11) is 1.11. The molecule has 0 spiro atoms. The largest absolute Gasteiger partial charge is 0.492 e. The lowest BCUT2D eigenvalue weighted by Crippen LogP contribution is -2.44. The molecule has 0 bridgehead atoms. The van der Waals surface area contributed by atoms with Gasteiger partial charge in [-0.05, 0) is 72.1 Å². The van der Waals surface area contributed by atoms with Gasteiger partial charge in [0, 0.05) is 6.54 Å². The average Bonchev–Trinajstić information content (AvgIpc) is 2.76. The molecule has 9 heteroatoms. The molecule has 0 aliphatic heterocycles. The van der Waals surface area contributed by atoms with Gasteiger partial charge in [-0.25, -0.2) is 14.4 Å². The van der Waals surface area contributed by atoms with Crippen LogP contribution >= 0.6 is 0 Å². The number of unbranched alkanes of at least 4 members (excludes halogenated alkanes) is 2. The molecule has 0 unspecified atom stereocenters. The van der Waals surface area contributed by atoms with Crippen LogP contribution in [0, 0.1) is 0 Å². The molecular formula is C27H44N2O7. The van der Waals surface area contributed by atoms with Crippen LogP contribution in [-0.4, -0.2) is 54.5 Å². The molecule has 0 aliphatic rings. The molecule has 1 aromatic rings. The zero-order valence-corrected chi connectivity index (χ0v) is 23.1. The molecule has 36 heavy (non-hydrogen) atoms. The van der Waals surface area contributed by atoms with Crippen LogP contribution in [0.25, 0.3) is 0 Å². The summed E-state index contributed by atoms with van der Waals surface area (Å²) in [5, 5.41) is 0. The first kappa shape index (κ1) is 32.9. The molecular weight excluding hydrogens is 464 g/mol. The molecule has 9 nitrogen and oxygen atoms in total. The number of aryl methyl sites for hydroxylation is 1. The van der Waals surface area contributed by atoms with Crippen LogP contribution in [0.3, 0.4) is 0 Å². The lowest BCUT2D eigenvalue weighted by molar-refractivity contribution is -0.137. The first-order chi connectivity index (χ1) is 16.6. The van der Waals surface area contributed by atoms with Crippen LogP contribution in [0.2, 0.25) is 0 Å². The van der Waals surface area contributed by atoms with Gasteiger partial charge in [-0.15, -0.1) is 0 Å². The van der Waals surface area contributed by atoms with Gasteiger partial charge in [0.2, 0.25) is 0 Å². The van der Waals surface area contributed by atoms with E-state index in [1.54, 1.807) is 41.5 Å². The predicted molar refractivity (Wildman–Crippen MR) is 140 cm³/mol. The van der Waals surface area contributed by atoms with E-state index in [4.69, 9.17) is 19.9 Å². The zero-order valence-electron chi connectivity index (χ0n) is 23.1. The average molecular weight is 509 g/mol. The number of rotatable bonds is 9. The van der Waals surface area contributed by atoms with Crippen molar-refractivity contribution in [2.24, 2.45) is 5.73 Å². The molecule has 0 radical (unpaired) electrons. The molecule has 0 atom stereocenters. The fourth-order valence-electron chi connectivity index (χ4n) is 2.63. The third kappa shape index (κ3) is 14.4. The Bertz CT molecular complexity index is 809. The maximum Gasteiger partial charge on any atom is 0.424 e. The van der Waals surface area contributed by atoms with E-state index in [0.29, 0.717) is 18.1 Å². The van der Waals surface area contributed by atoms with Gasteiger partial charge in [-0.2, -0.15) is 4.90 Å². The number of ether oxygens (including phenoxy) is 4. The van der Waals surface area contributed by atoms with Gasteiger partial charge in [-0.1, -0.05) is 38.5 Å². The Morgan fingerprint density at radius 3 is 1.81 bits per heavy atom. The van der Waals surface area contributed by atoms with Crippen molar-refractivity contribution in [3.05, 3.63) is 42.1 Å². The maximum atomic E-state index is 12.1. The van der Waals surface area contributed by atoms with Crippen LogP contribution in [0.15, 0.2) is 36.5 Å². The van der Waals surface area contributed by atoms with Crippen LogP contribution in [0.1, 0.15) is 73.3 Å². The maximum absolute atomic E-state index is 12.1. The summed E-state index contributed by atoms with van der Waals surface area (Å²) < 4.78 is 20.0. The minimum Gasteiger partial charge on any atom is -0.492 e. The van der Waals surface area contributed by atoms with Crippen LogP contribution < -0.4 is 10.5 Å². The second-order valence-corrected chi connectivity index (χ2v) is 9.97. The van der Waals surface area contributed by atoms with Crippen molar-refractivity contribution in [2.45, 2.75) is 85.4 Å². The molecule has 1 rings (SSSR count). The lowest BCUT2D eigenvalue weighted by Gasteiger charge is -2.28. The van der Waals surface area contributed by atoms with Crippen molar-refractivity contribution in [3.63, 3.8) is 0 Å². The SMILES string of the molecule is C=C(C(=O)OC)N(C(=O)OC(C)(C)C)C(=O)OC(C)(C)C.CCCCCc1ccc(OCCN)cc1. The van der Waals surface area contributed by atoms with Crippen LogP contribution in [0.4, 0.5) is 9.59 Å². The van der Waals surface area contributed by atoms with Gasteiger partial charge in [0.05, 0.1) is 7.11 Å². The number of hydrogen-bond donors (Lipinski definition) is 1. The Balaban J connectivity index is 0.000000717. The number of amides is 2. The van der Waals surface area contributed by atoms with Crippen molar-refractivity contribution < 1.29 is 33.3 Å². The van der Waals surface area contributed by atoms with E-state index < -0.39 is 35.1 Å². The van der Waals surface area contributed by atoms with Gasteiger partial charge in [-0.3, -0.25) is 0 Å². The number of carbonyl (C=O) groups excluding carboxylic acids is 3. The third-order valence-corrected chi connectivity index (χ3v) is 4.22. The molecule has 0 aromatic heterocycles. The van der Waals surface area contributed by atoms with E-state index in [9.17, 15) is 14.4 Å². The van der Waals surface area contributed by atoms with Gasteiger partial charge >= 0.3 is 18.2 Å². The summed E-state index contributed by atoms with van der Waals surface area (Å²) in [6.45, 7) is 16.5. The molecule has 2 amide bonds. The predicted octanol–water partition coefficient (Wildman–Crippen LogP) is 5.60. The fourth-order valence-corrected chi connectivity index (χ4v) is 2.63. The summed E-state index contributed by atoms with van der Waals surface area (Å²) in [4.78, 5) is 36.1. The van der Waals surface area contributed by atoms with Crippen LogP contribution in [0.5, 0.6) is 5.75 Å². The van der Waals surface area contributed by atoms with Crippen molar-refractivity contribution in [3.8, 4) is 5.75 Å². The number of methoxy groups -OCH3 is 1. The number of imide groups is 1. The second kappa shape index (κ2) is 15.8. The summed E-state index contributed by atoms with van der Waals surface area (Å²) >= 11 is 0. The molecule has 0 aliphatic carbocycles. The van der Waals surface area contributed by atoms with Gasteiger partial charge in [0.15, 0.2) is 0 Å². The Kier molecular flexibility index (Phi) is 14.5. The summed E-state index contributed by atoms with van der Waals surface area (Å²) in [5.74, 6) is -0.0218. The Morgan fingerprint density at radius 1 is 0.917 bits per heavy atom. The summed E-state index contributed by atoms with van der Waals surface area (Å²) in [6, 6.07) is 8.33. The van der Waals surface area contributed by atoms with Crippen molar-refractivity contribution in [1.29, 1.82) is 0 Å². The van der Waals surface area contributed by atoms with Crippen molar-refractivity contribution >= 4 is 18.2 Å². The highest BCUT2D eigenvalue weighted by molar-refractivity contribution is 6.00. The number of nitrogens with two attached hydrogens (primary N) is 1. The first-order valence-electron chi connectivity index (χ1n) is 12.1. The molecule has 0 saturated heterocycles. The highest BCUT2D eigenvalue weighted by Gasteiger charge is 2.36. The highest BCUT2D eigenvalue weighted by atomic mass is 16.6. The summed E-state index contributed by atoms with van der Waals surface area (Å²) in [5.41, 5.74) is 4.56. The minimum absolute atomic E-state index is 0.419.